The number of fused-ring (bicyclic) bond motifs is 1. The highest BCUT2D eigenvalue weighted by molar-refractivity contribution is 5.76. The fourth-order valence-electron chi connectivity index (χ4n) is 3.70. The molecule has 0 saturated carbocycles. The van der Waals surface area contributed by atoms with Crippen LogP contribution >= 0.6 is 0 Å². The lowest BCUT2D eigenvalue weighted by Crippen LogP contribution is -2.29. The van der Waals surface area contributed by atoms with E-state index in [1.165, 1.54) is 6.92 Å². The Morgan fingerprint density at radius 1 is 1.21 bits per heavy atom. The van der Waals surface area contributed by atoms with Crippen LogP contribution in [0.4, 0.5) is 13.2 Å². The Labute approximate surface area is 165 Å². The monoisotopic (exact) mass is 406 g/mol. The van der Waals surface area contributed by atoms with Crippen LogP contribution in [-0.2, 0) is 17.5 Å². The van der Waals surface area contributed by atoms with Crippen LogP contribution in [0.3, 0.4) is 0 Å². The second-order valence-corrected chi connectivity index (χ2v) is 7.42. The third-order valence-electron chi connectivity index (χ3n) is 5.15. The van der Waals surface area contributed by atoms with E-state index >= 15 is 0 Å². The average Bonchev–Trinajstić information content (AvgIpc) is 3.36. The first-order valence-corrected chi connectivity index (χ1v) is 9.43. The van der Waals surface area contributed by atoms with E-state index in [1.54, 1.807) is 15.6 Å². The molecule has 3 aromatic heterocycles. The molecule has 1 aliphatic rings. The number of hydrogen-bond acceptors (Lipinski definition) is 4. The lowest BCUT2D eigenvalue weighted by atomic mass is 10.1. The Balaban J connectivity index is 1.47. The predicted molar refractivity (Wildman–Crippen MR) is 98.2 cm³/mol. The van der Waals surface area contributed by atoms with Gasteiger partial charge in [-0.2, -0.15) is 23.4 Å². The summed E-state index contributed by atoms with van der Waals surface area (Å²) in [7, 11) is 0. The van der Waals surface area contributed by atoms with Gasteiger partial charge in [0.15, 0.2) is 5.65 Å². The largest absolute Gasteiger partial charge is 0.433 e. The summed E-state index contributed by atoms with van der Waals surface area (Å²) in [5.74, 6) is -0.0941. The summed E-state index contributed by atoms with van der Waals surface area (Å²) in [4.78, 5) is 18.4. The fraction of sp³-hybridized carbons (Fsp3) is 0.474. The predicted octanol–water partition coefficient (Wildman–Crippen LogP) is 2.97. The van der Waals surface area contributed by atoms with Crippen LogP contribution in [-0.4, -0.2) is 48.3 Å². The summed E-state index contributed by atoms with van der Waals surface area (Å²) in [6.45, 7) is 4.92. The minimum Gasteiger partial charge on any atom is -0.342 e. The van der Waals surface area contributed by atoms with Gasteiger partial charge in [0.05, 0.1) is 11.4 Å². The Morgan fingerprint density at radius 2 is 2.00 bits per heavy atom. The maximum Gasteiger partial charge on any atom is 0.433 e. The van der Waals surface area contributed by atoms with Crippen molar-refractivity contribution in [1.82, 2.24) is 29.3 Å². The van der Waals surface area contributed by atoms with Crippen molar-refractivity contribution in [2.45, 2.75) is 45.3 Å². The molecule has 0 unspecified atom stereocenters. The number of aromatic nitrogens is 5. The number of halogens is 3. The summed E-state index contributed by atoms with van der Waals surface area (Å²) in [5.41, 5.74) is 1.05. The van der Waals surface area contributed by atoms with E-state index in [0.717, 1.165) is 16.3 Å². The van der Waals surface area contributed by atoms with Gasteiger partial charge in [-0.1, -0.05) is 0 Å². The van der Waals surface area contributed by atoms with Crippen LogP contribution in [0.15, 0.2) is 24.4 Å². The van der Waals surface area contributed by atoms with E-state index in [2.05, 4.69) is 15.2 Å². The standard InChI is InChI=1S/C19H21F3N6O/c1-12-3-7-27(24-12)8-5-18(29)26-6-4-14(11-26)15-10-17-23-13(2)9-16(19(20,21)22)28(17)25-15/h3,7,9-10,14H,4-6,8,11H2,1-2H3/t14-/m1/s1. The van der Waals surface area contributed by atoms with Crippen molar-refractivity contribution >= 4 is 11.6 Å². The van der Waals surface area contributed by atoms with Crippen molar-refractivity contribution in [3.05, 3.63) is 47.2 Å². The van der Waals surface area contributed by atoms with Crippen molar-refractivity contribution in [3.63, 3.8) is 0 Å². The second-order valence-electron chi connectivity index (χ2n) is 7.42. The molecule has 4 heterocycles. The molecule has 1 fully saturated rings. The van der Waals surface area contributed by atoms with Crippen molar-refractivity contribution < 1.29 is 18.0 Å². The first-order chi connectivity index (χ1) is 13.7. The van der Waals surface area contributed by atoms with E-state index in [9.17, 15) is 18.0 Å². The minimum atomic E-state index is -4.52. The molecule has 3 aromatic rings. The van der Waals surface area contributed by atoms with Crippen molar-refractivity contribution in [3.8, 4) is 0 Å². The first-order valence-electron chi connectivity index (χ1n) is 9.43. The molecule has 1 amide bonds. The second kappa shape index (κ2) is 7.16. The molecule has 0 N–H and O–H groups in total. The minimum absolute atomic E-state index is 0.00867. The normalized spacial score (nSPS) is 17.4. The van der Waals surface area contributed by atoms with Gasteiger partial charge in [-0.05, 0) is 32.4 Å². The number of likely N-dealkylation sites (tertiary alicyclic amines) is 1. The molecule has 29 heavy (non-hydrogen) atoms. The fourth-order valence-corrected chi connectivity index (χ4v) is 3.70. The number of carbonyl (C=O) groups excluding carboxylic acids is 1. The number of carbonyl (C=O) groups is 1. The molecule has 10 heteroatoms. The highest BCUT2D eigenvalue weighted by Crippen LogP contribution is 2.32. The molecule has 0 spiro atoms. The van der Waals surface area contributed by atoms with Crippen LogP contribution in [0.5, 0.6) is 0 Å². The van der Waals surface area contributed by atoms with E-state index in [-0.39, 0.29) is 23.2 Å². The maximum absolute atomic E-state index is 13.3. The smallest absolute Gasteiger partial charge is 0.342 e. The molecule has 1 atom stereocenters. The number of amides is 1. The van der Waals surface area contributed by atoms with Crippen LogP contribution in [0.1, 0.15) is 41.5 Å². The van der Waals surface area contributed by atoms with Gasteiger partial charge in [0.1, 0.15) is 5.69 Å². The summed E-state index contributed by atoms with van der Waals surface area (Å²) in [6.07, 6.45) is -1.69. The zero-order valence-corrected chi connectivity index (χ0v) is 16.1. The Hall–Kier alpha value is -2.91. The number of hydrogen-bond donors (Lipinski definition) is 0. The van der Waals surface area contributed by atoms with Gasteiger partial charge in [-0.15, -0.1) is 0 Å². The van der Waals surface area contributed by atoms with Gasteiger partial charge in [-0.25, -0.2) is 9.50 Å². The quantitative estimate of drug-likeness (QED) is 0.668. The van der Waals surface area contributed by atoms with Gasteiger partial charge in [0, 0.05) is 49.9 Å². The molecular formula is C19H21F3N6O. The summed E-state index contributed by atoms with van der Waals surface area (Å²) in [5, 5.41) is 8.44. The number of rotatable bonds is 4. The number of aryl methyl sites for hydroxylation is 3. The van der Waals surface area contributed by atoms with Crippen molar-refractivity contribution in [2.75, 3.05) is 13.1 Å². The average molecular weight is 406 g/mol. The molecule has 4 rings (SSSR count). The Morgan fingerprint density at radius 3 is 2.69 bits per heavy atom. The maximum atomic E-state index is 13.3. The topological polar surface area (TPSA) is 68.3 Å². The lowest BCUT2D eigenvalue weighted by Gasteiger charge is -2.16. The summed E-state index contributed by atoms with van der Waals surface area (Å²) in [6, 6.07) is 4.46. The van der Waals surface area contributed by atoms with Crippen molar-refractivity contribution in [1.29, 1.82) is 0 Å². The van der Waals surface area contributed by atoms with E-state index in [0.29, 0.717) is 38.2 Å². The molecule has 0 aliphatic carbocycles. The highest BCUT2D eigenvalue weighted by atomic mass is 19.4. The SMILES string of the molecule is Cc1cc(C(F)(F)F)n2nc([C@@H]3CCN(C(=O)CCn4ccc(C)n4)C3)cc2n1. The third-order valence-corrected chi connectivity index (χ3v) is 5.15. The van der Waals surface area contributed by atoms with Crippen LogP contribution in [0.2, 0.25) is 0 Å². The highest BCUT2D eigenvalue weighted by Gasteiger charge is 2.36. The zero-order valence-electron chi connectivity index (χ0n) is 16.1. The van der Waals surface area contributed by atoms with Crippen LogP contribution < -0.4 is 0 Å². The first kappa shape index (κ1) is 19.4. The van der Waals surface area contributed by atoms with E-state index in [4.69, 9.17) is 0 Å². The molecule has 0 bridgehead atoms. The van der Waals surface area contributed by atoms with Crippen LogP contribution in [0, 0.1) is 13.8 Å². The molecule has 0 aromatic carbocycles. The molecular weight excluding hydrogens is 385 g/mol. The molecule has 1 aliphatic heterocycles. The van der Waals surface area contributed by atoms with Crippen molar-refractivity contribution in [2.24, 2.45) is 0 Å². The van der Waals surface area contributed by atoms with Gasteiger partial charge in [-0.3, -0.25) is 9.48 Å². The molecule has 1 saturated heterocycles. The van der Waals surface area contributed by atoms with Gasteiger partial charge in [0.2, 0.25) is 5.91 Å². The Bertz CT molecular complexity index is 1050. The molecule has 0 radical (unpaired) electrons. The molecule has 7 nitrogen and oxygen atoms in total. The van der Waals surface area contributed by atoms with E-state index < -0.39 is 11.9 Å². The Kier molecular flexibility index (Phi) is 4.79. The third kappa shape index (κ3) is 3.96. The van der Waals surface area contributed by atoms with Gasteiger partial charge in [0.25, 0.3) is 0 Å². The number of nitrogens with zero attached hydrogens (tertiary/aromatic N) is 6. The van der Waals surface area contributed by atoms with Crippen LogP contribution in [0.25, 0.3) is 5.65 Å². The van der Waals surface area contributed by atoms with E-state index in [1.807, 2.05) is 19.2 Å². The lowest BCUT2D eigenvalue weighted by molar-refractivity contribution is -0.142. The van der Waals surface area contributed by atoms with Gasteiger partial charge >= 0.3 is 6.18 Å². The zero-order chi connectivity index (χ0) is 20.8. The van der Waals surface area contributed by atoms with Gasteiger partial charge < -0.3 is 4.90 Å². The molecule has 154 valence electrons. The number of alkyl halides is 3. The summed E-state index contributed by atoms with van der Waals surface area (Å²) < 4.78 is 42.6. The summed E-state index contributed by atoms with van der Waals surface area (Å²) >= 11 is 0.